The molecule has 3 nitrogen and oxygen atoms in total. The summed E-state index contributed by atoms with van der Waals surface area (Å²) in [5.74, 6) is 0.793. The standard InChI is InChI=1S/C17H30ClN3/c1-4-11-19-15(13-9-7-6-8-10-13)12-16-17(18)14(5-2)20-21(16)3/h13,15,19H,4-12H2,1-3H3. The van der Waals surface area contributed by atoms with Gasteiger partial charge in [-0.3, -0.25) is 4.68 Å². The molecule has 0 radical (unpaired) electrons. The Hall–Kier alpha value is -0.540. The third-order valence-electron chi connectivity index (χ3n) is 4.79. The van der Waals surface area contributed by atoms with E-state index in [1.165, 1.54) is 44.2 Å². The summed E-state index contributed by atoms with van der Waals surface area (Å²) < 4.78 is 1.99. The Labute approximate surface area is 134 Å². The molecule has 4 heteroatoms. The normalized spacial score (nSPS) is 18.1. The van der Waals surface area contributed by atoms with E-state index in [2.05, 4.69) is 24.3 Å². The minimum Gasteiger partial charge on any atom is -0.313 e. The van der Waals surface area contributed by atoms with Crippen LogP contribution >= 0.6 is 11.6 Å². The van der Waals surface area contributed by atoms with Gasteiger partial charge in [0.05, 0.1) is 16.4 Å². The lowest BCUT2D eigenvalue weighted by molar-refractivity contribution is 0.264. The maximum absolute atomic E-state index is 6.54. The van der Waals surface area contributed by atoms with Crippen molar-refractivity contribution in [1.29, 1.82) is 0 Å². The van der Waals surface area contributed by atoms with Crippen molar-refractivity contribution < 1.29 is 0 Å². The second-order valence-corrected chi connectivity index (χ2v) is 6.73. The largest absolute Gasteiger partial charge is 0.313 e. The Balaban J connectivity index is 2.11. The Bertz CT molecular complexity index is 435. The van der Waals surface area contributed by atoms with Crippen LogP contribution in [0.3, 0.4) is 0 Å². The van der Waals surface area contributed by atoms with Crippen molar-refractivity contribution in [2.24, 2.45) is 13.0 Å². The van der Waals surface area contributed by atoms with E-state index in [1.54, 1.807) is 0 Å². The Morgan fingerprint density at radius 1 is 1.29 bits per heavy atom. The number of nitrogens with one attached hydrogen (secondary N) is 1. The Morgan fingerprint density at radius 3 is 2.57 bits per heavy atom. The van der Waals surface area contributed by atoms with Crippen molar-refractivity contribution in [1.82, 2.24) is 15.1 Å². The van der Waals surface area contributed by atoms with Crippen LogP contribution in [0.4, 0.5) is 0 Å². The van der Waals surface area contributed by atoms with Gasteiger partial charge in [-0.2, -0.15) is 5.10 Å². The first-order chi connectivity index (χ1) is 10.2. The fourth-order valence-electron chi connectivity index (χ4n) is 3.52. The van der Waals surface area contributed by atoms with Crippen molar-refractivity contribution in [2.45, 2.75) is 71.3 Å². The molecule has 1 aliphatic rings. The first-order valence-electron chi connectivity index (χ1n) is 8.61. The quantitative estimate of drug-likeness (QED) is 0.820. The summed E-state index contributed by atoms with van der Waals surface area (Å²) in [6.45, 7) is 5.44. The average Bonchev–Trinajstić information content (AvgIpc) is 2.79. The van der Waals surface area contributed by atoms with Crippen LogP contribution in [-0.4, -0.2) is 22.4 Å². The second-order valence-electron chi connectivity index (χ2n) is 6.35. The van der Waals surface area contributed by atoms with Crippen molar-refractivity contribution in [3.8, 4) is 0 Å². The van der Waals surface area contributed by atoms with Crippen molar-refractivity contribution in [2.75, 3.05) is 6.54 Å². The molecule has 0 bridgehead atoms. The minimum atomic E-state index is 0.544. The first kappa shape index (κ1) is 16.8. The molecule has 0 amide bonds. The van der Waals surface area contributed by atoms with Gasteiger partial charge in [0, 0.05) is 19.5 Å². The predicted molar refractivity (Wildman–Crippen MR) is 90.0 cm³/mol. The highest BCUT2D eigenvalue weighted by Gasteiger charge is 2.26. The van der Waals surface area contributed by atoms with Crippen LogP contribution in [0.2, 0.25) is 5.02 Å². The summed E-state index contributed by atoms with van der Waals surface area (Å²) in [5.41, 5.74) is 2.24. The fraction of sp³-hybridized carbons (Fsp3) is 0.824. The first-order valence-corrected chi connectivity index (χ1v) is 8.98. The summed E-state index contributed by atoms with van der Waals surface area (Å²) in [5, 5.41) is 9.22. The van der Waals surface area contributed by atoms with Gasteiger partial charge in [0.1, 0.15) is 0 Å². The molecule has 120 valence electrons. The van der Waals surface area contributed by atoms with Crippen LogP contribution in [0.5, 0.6) is 0 Å². The SMILES string of the molecule is CCCNC(Cc1c(Cl)c(CC)nn1C)C1CCCCC1. The summed E-state index contributed by atoms with van der Waals surface area (Å²) in [6.07, 6.45) is 9.99. The number of halogens is 1. The number of aromatic nitrogens is 2. The van der Waals surface area contributed by atoms with Gasteiger partial charge >= 0.3 is 0 Å². The number of nitrogens with zero attached hydrogens (tertiary/aromatic N) is 2. The lowest BCUT2D eigenvalue weighted by atomic mass is 9.82. The van der Waals surface area contributed by atoms with E-state index in [0.717, 1.165) is 36.0 Å². The van der Waals surface area contributed by atoms with Gasteiger partial charge in [-0.05, 0) is 38.1 Å². The number of hydrogen-bond donors (Lipinski definition) is 1. The third-order valence-corrected chi connectivity index (χ3v) is 5.23. The molecule has 1 aromatic heterocycles. The molecule has 21 heavy (non-hydrogen) atoms. The molecule has 1 fully saturated rings. The van der Waals surface area contributed by atoms with Crippen molar-refractivity contribution >= 4 is 11.6 Å². The van der Waals surface area contributed by atoms with E-state index < -0.39 is 0 Å². The Morgan fingerprint density at radius 2 is 2.00 bits per heavy atom. The summed E-state index contributed by atoms with van der Waals surface area (Å²) in [7, 11) is 2.03. The molecule has 1 heterocycles. The molecular formula is C17H30ClN3. The van der Waals surface area contributed by atoms with Gasteiger partial charge in [0.2, 0.25) is 0 Å². The van der Waals surface area contributed by atoms with Gasteiger partial charge in [0.25, 0.3) is 0 Å². The lowest BCUT2D eigenvalue weighted by Gasteiger charge is -2.31. The van der Waals surface area contributed by atoms with Gasteiger partial charge in [-0.1, -0.05) is 44.7 Å². The van der Waals surface area contributed by atoms with Crippen LogP contribution in [0.15, 0.2) is 0 Å². The molecule has 1 saturated carbocycles. The van der Waals surface area contributed by atoms with Gasteiger partial charge in [-0.15, -0.1) is 0 Å². The molecule has 1 atom stereocenters. The van der Waals surface area contributed by atoms with Crippen LogP contribution in [0.25, 0.3) is 0 Å². The molecule has 1 aliphatic carbocycles. The molecule has 1 N–H and O–H groups in total. The maximum atomic E-state index is 6.54. The lowest BCUT2D eigenvalue weighted by Crippen LogP contribution is -2.40. The average molecular weight is 312 g/mol. The van der Waals surface area contributed by atoms with Gasteiger partial charge in [-0.25, -0.2) is 0 Å². The minimum absolute atomic E-state index is 0.544. The monoisotopic (exact) mass is 311 g/mol. The van der Waals surface area contributed by atoms with Gasteiger partial charge in [0.15, 0.2) is 0 Å². The van der Waals surface area contributed by atoms with Crippen LogP contribution in [0, 0.1) is 5.92 Å². The molecule has 1 unspecified atom stereocenters. The number of hydrogen-bond acceptors (Lipinski definition) is 2. The van der Waals surface area contributed by atoms with E-state index in [-0.39, 0.29) is 0 Å². The summed E-state index contributed by atoms with van der Waals surface area (Å²) >= 11 is 6.54. The fourth-order valence-corrected chi connectivity index (χ4v) is 3.89. The highest BCUT2D eigenvalue weighted by molar-refractivity contribution is 6.31. The smallest absolute Gasteiger partial charge is 0.0850 e. The van der Waals surface area contributed by atoms with Crippen LogP contribution < -0.4 is 5.32 Å². The van der Waals surface area contributed by atoms with Crippen LogP contribution in [0.1, 0.15) is 63.8 Å². The second kappa shape index (κ2) is 8.19. The van der Waals surface area contributed by atoms with E-state index in [1.807, 2.05) is 11.7 Å². The summed E-state index contributed by atoms with van der Waals surface area (Å²) in [6, 6.07) is 0.544. The zero-order valence-corrected chi connectivity index (χ0v) is 14.5. The Kier molecular flexibility index (Phi) is 6.56. The molecule has 0 aliphatic heterocycles. The van der Waals surface area contributed by atoms with E-state index in [9.17, 15) is 0 Å². The molecule has 1 aromatic rings. The number of aryl methyl sites for hydroxylation is 2. The summed E-state index contributed by atoms with van der Waals surface area (Å²) in [4.78, 5) is 0. The predicted octanol–water partition coefficient (Wildman–Crippen LogP) is 4.13. The zero-order chi connectivity index (χ0) is 15.2. The van der Waals surface area contributed by atoms with E-state index in [4.69, 9.17) is 11.6 Å². The highest BCUT2D eigenvalue weighted by atomic mass is 35.5. The number of rotatable bonds is 7. The molecule has 0 aromatic carbocycles. The van der Waals surface area contributed by atoms with E-state index >= 15 is 0 Å². The highest BCUT2D eigenvalue weighted by Crippen LogP contribution is 2.30. The maximum Gasteiger partial charge on any atom is 0.0850 e. The van der Waals surface area contributed by atoms with Crippen LogP contribution in [-0.2, 0) is 19.9 Å². The molecular weight excluding hydrogens is 282 g/mol. The topological polar surface area (TPSA) is 29.9 Å². The zero-order valence-electron chi connectivity index (χ0n) is 13.8. The van der Waals surface area contributed by atoms with Gasteiger partial charge < -0.3 is 5.32 Å². The van der Waals surface area contributed by atoms with E-state index in [0.29, 0.717) is 6.04 Å². The molecule has 2 rings (SSSR count). The van der Waals surface area contributed by atoms with Crippen molar-refractivity contribution in [3.05, 3.63) is 16.4 Å². The third kappa shape index (κ3) is 4.23. The van der Waals surface area contributed by atoms with Crippen molar-refractivity contribution in [3.63, 3.8) is 0 Å². The molecule has 0 spiro atoms. The molecule has 0 saturated heterocycles.